The highest BCUT2D eigenvalue weighted by atomic mass is 35.5. The predicted molar refractivity (Wildman–Crippen MR) is 95.2 cm³/mol. The average molecular weight is 377 g/mol. The van der Waals surface area contributed by atoms with Crippen molar-refractivity contribution in [1.82, 2.24) is 9.38 Å². The summed E-state index contributed by atoms with van der Waals surface area (Å²) in [6.07, 6.45) is 2.46. The normalized spacial score (nSPS) is 10.9. The van der Waals surface area contributed by atoms with Crippen molar-refractivity contribution in [3.05, 3.63) is 68.9 Å². The van der Waals surface area contributed by atoms with Crippen LogP contribution in [0.4, 0.5) is 15.8 Å². The average Bonchev–Trinajstić information content (AvgIpc) is 2.94. The van der Waals surface area contributed by atoms with Crippen LogP contribution in [0.5, 0.6) is 0 Å². The maximum atomic E-state index is 13.6. The minimum atomic E-state index is -0.635. The molecule has 0 spiro atoms. The summed E-state index contributed by atoms with van der Waals surface area (Å²) in [4.78, 5) is 27.5. The third-order valence-corrected chi connectivity index (χ3v) is 4.08. The van der Waals surface area contributed by atoms with Gasteiger partial charge in [-0.2, -0.15) is 0 Å². The third-order valence-electron chi connectivity index (χ3n) is 3.76. The van der Waals surface area contributed by atoms with Crippen molar-refractivity contribution in [3.8, 4) is 0 Å². The summed E-state index contributed by atoms with van der Waals surface area (Å²) in [5, 5.41) is 13.6. The van der Waals surface area contributed by atoms with E-state index in [0.29, 0.717) is 17.8 Å². The van der Waals surface area contributed by atoms with E-state index in [-0.39, 0.29) is 22.1 Å². The minimum absolute atomic E-state index is 0.0310. The summed E-state index contributed by atoms with van der Waals surface area (Å²) in [5.74, 6) is -1.04. The number of anilines is 1. The standard InChI is InChI=1S/C17H14ClFN4O3/c1-2-3-13-16(22-9-10(19)4-7-15(22)21-13)17(24)20-11-5-6-12(18)14(8-11)23(25)26/h4-9H,2-3H2,1H3,(H,20,24). The molecule has 0 bridgehead atoms. The number of nitro groups is 1. The van der Waals surface area contributed by atoms with Crippen LogP contribution in [0.25, 0.3) is 5.65 Å². The molecular formula is C17H14ClFN4O3. The van der Waals surface area contributed by atoms with Gasteiger partial charge in [0.05, 0.1) is 10.6 Å². The molecule has 0 aliphatic heterocycles. The number of rotatable bonds is 5. The van der Waals surface area contributed by atoms with E-state index in [2.05, 4.69) is 10.3 Å². The molecule has 0 radical (unpaired) electrons. The number of aryl methyl sites for hydroxylation is 1. The Balaban J connectivity index is 2.02. The highest BCUT2D eigenvalue weighted by Crippen LogP contribution is 2.28. The Hall–Kier alpha value is -3.00. The van der Waals surface area contributed by atoms with Gasteiger partial charge in [0.15, 0.2) is 0 Å². The first-order valence-electron chi connectivity index (χ1n) is 7.82. The number of halogens is 2. The van der Waals surface area contributed by atoms with Gasteiger partial charge in [-0.3, -0.25) is 19.3 Å². The van der Waals surface area contributed by atoms with Gasteiger partial charge in [-0.05, 0) is 30.7 Å². The zero-order valence-electron chi connectivity index (χ0n) is 13.7. The van der Waals surface area contributed by atoms with E-state index in [1.807, 2.05) is 6.92 Å². The Kier molecular flexibility index (Phi) is 4.85. The number of nitrogens with one attached hydrogen (secondary N) is 1. The van der Waals surface area contributed by atoms with Crippen LogP contribution in [-0.4, -0.2) is 20.2 Å². The lowest BCUT2D eigenvalue weighted by Crippen LogP contribution is -2.16. The van der Waals surface area contributed by atoms with E-state index < -0.39 is 16.6 Å². The molecule has 0 unspecified atom stereocenters. The molecule has 1 N–H and O–H groups in total. The molecule has 0 fully saturated rings. The third kappa shape index (κ3) is 3.36. The SMILES string of the molecule is CCCc1nc2ccc(F)cn2c1C(=O)Nc1ccc(Cl)c([N+](=O)[O-])c1. The molecule has 3 rings (SSSR count). The molecule has 3 aromatic rings. The van der Waals surface area contributed by atoms with E-state index >= 15 is 0 Å². The second kappa shape index (κ2) is 7.09. The van der Waals surface area contributed by atoms with Crippen molar-refractivity contribution in [2.45, 2.75) is 19.8 Å². The topological polar surface area (TPSA) is 89.5 Å². The van der Waals surface area contributed by atoms with Crippen LogP contribution in [0, 0.1) is 15.9 Å². The second-order valence-electron chi connectivity index (χ2n) is 5.61. The fraction of sp³-hybridized carbons (Fsp3) is 0.176. The van der Waals surface area contributed by atoms with Gasteiger partial charge in [0.1, 0.15) is 22.2 Å². The molecule has 1 amide bonds. The number of amides is 1. The molecular weight excluding hydrogens is 363 g/mol. The smallest absolute Gasteiger partial charge is 0.289 e. The van der Waals surface area contributed by atoms with Crippen molar-refractivity contribution in [3.63, 3.8) is 0 Å². The molecule has 2 aromatic heterocycles. The zero-order valence-corrected chi connectivity index (χ0v) is 14.5. The van der Waals surface area contributed by atoms with Crippen LogP contribution in [-0.2, 0) is 6.42 Å². The summed E-state index contributed by atoms with van der Waals surface area (Å²) in [6.45, 7) is 1.94. The van der Waals surface area contributed by atoms with Crippen molar-refractivity contribution in [2.24, 2.45) is 0 Å². The van der Waals surface area contributed by atoms with Gasteiger partial charge in [-0.1, -0.05) is 24.9 Å². The van der Waals surface area contributed by atoms with Gasteiger partial charge < -0.3 is 5.32 Å². The van der Waals surface area contributed by atoms with Crippen LogP contribution in [0.1, 0.15) is 29.5 Å². The van der Waals surface area contributed by atoms with Crippen LogP contribution >= 0.6 is 11.6 Å². The summed E-state index contributed by atoms with van der Waals surface area (Å²) in [5.41, 5.74) is 1.06. The lowest BCUT2D eigenvalue weighted by atomic mass is 10.2. The number of carbonyl (C=O) groups excluding carboxylic acids is 1. The zero-order chi connectivity index (χ0) is 18.8. The monoisotopic (exact) mass is 376 g/mol. The van der Waals surface area contributed by atoms with Gasteiger partial charge in [-0.25, -0.2) is 9.37 Å². The molecule has 7 nitrogen and oxygen atoms in total. The first kappa shape index (κ1) is 17.8. The van der Waals surface area contributed by atoms with E-state index in [0.717, 1.165) is 6.42 Å². The number of hydrogen-bond acceptors (Lipinski definition) is 4. The number of nitrogens with zero attached hydrogens (tertiary/aromatic N) is 3. The molecule has 0 atom stereocenters. The predicted octanol–water partition coefficient (Wildman–Crippen LogP) is 4.24. The first-order valence-corrected chi connectivity index (χ1v) is 8.20. The van der Waals surface area contributed by atoms with Crippen molar-refractivity contribution in [1.29, 1.82) is 0 Å². The maximum absolute atomic E-state index is 13.6. The lowest BCUT2D eigenvalue weighted by molar-refractivity contribution is -0.384. The maximum Gasteiger partial charge on any atom is 0.289 e. The number of benzene rings is 1. The van der Waals surface area contributed by atoms with Crippen molar-refractivity contribution < 1.29 is 14.1 Å². The fourth-order valence-electron chi connectivity index (χ4n) is 2.64. The van der Waals surface area contributed by atoms with Crippen molar-refractivity contribution >= 4 is 34.5 Å². The van der Waals surface area contributed by atoms with Crippen LogP contribution < -0.4 is 5.32 Å². The summed E-state index contributed by atoms with van der Waals surface area (Å²) >= 11 is 5.78. The Morgan fingerprint density at radius 2 is 2.15 bits per heavy atom. The van der Waals surface area contributed by atoms with Crippen LogP contribution in [0.15, 0.2) is 36.5 Å². The van der Waals surface area contributed by atoms with E-state index in [4.69, 9.17) is 11.6 Å². The Bertz CT molecular complexity index is 1020. The Morgan fingerprint density at radius 1 is 1.38 bits per heavy atom. The molecule has 9 heteroatoms. The highest BCUT2D eigenvalue weighted by molar-refractivity contribution is 6.32. The Labute approximate surface area is 152 Å². The highest BCUT2D eigenvalue weighted by Gasteiger charge is 2.21. The number of hydrogen-bond donors (Lipinski definition) is 1. The van der Waals surface area contributed by atoms with Gasteiger partial charge in [0.2, 0.25) is 0 Å². The van der Waals surface area contributed by atoms with Gasteiger partial charge in [-0.15, -0.1) is 0 Å². The minimum Gasteiger partial charge on any atom is -0.320 e. The first-order chi connectivity index (χ1) is 12.4. The summed E-state index contributed by atoms with van der Waals surface area (Å²) in [6, 6.07) is 6.71. The lowest BCUT2D eigenvalue weighted by Gasteiger charge is -2.07. The molecule has 26 heavy (non-hydrogen) atoms. The van der Waals surface area contributed by atoms with E-state index in [9.17, 15) is 19.3 Å². The van der Waals surface area contributed by atoms with E-state index in [1.165, 1.54) is 40.9 Å². The molecule has 0 aliphatic rings. The second-order valence-corrected chi connectivity index (χ2v) is 6.02. The molecule has 0 aliphatic carbocycles. The fourth-order valence-corrected chi connectivity index (χ4v) is 2.83. The number of imidazole rings is 1. The largest absolute Gasteiger partial charge is 0.320 e. The van der Waals surface area contributed by atoms with Gasteiger partial charge >= 0.3 is 0 Å². The van der Waals surface area contributed by atoms with Crippen molar-refractivity contribution in [2.75, 3.05) is 5.32 Å². The molecule has 2 heterocycles. The van der Waals surface area contributed by atoms with Gasteiger partial charge in [0, 0.05) is 18.0 Å². The molecule has 0 saturated heterocycles. The molecule has 0 saturated carbocycles. The number of nitro benzene ring substituents is 1. The number of fused-ring (bicyclic) bond motifs is 1. The number of carbonyl (C=O) groups is 1. The quantitative estimate of drug-likeness (QED) is 0.532. The van der Waals surface area contributed by atoms with Crippen LogP contribution in [0.2, 0.25) is 5.02 Å². The molecule has 1 aromatic carbocycles. The summed E-state index contributed by atoms with van der Waals surface area (Å²) in [7, 11) is 0. The van der Waals surface area contributed by atoms with Crippen LogP contribution in [0.3, 0.4) is 0 Å². The van der Waals surface area contributed by atoms with Gasteiger partial charge in [0.25, 0.3) is 11.6 Å². The molecule has 134 valence electrons. The Morgan fingerprint density at radius 3 is 2.85 bits per heavy atom. The summed E-state index contributed by atoms with van der Waals surface area (Å²) < 4.78 is 15.0. The number of aromatic nitrogens is 2. The number of pyridine rings is 1. The van der Waals surface area contributed by atoms with E-state index in [1.54, 1.807) is 0 Å².